The Morgan fingerprint density at radius 3 is 2.60 bits per heavy atom. The van der Waals surface area contributed by atoms with E-state index in [-0.39, 0.29) is 42.5 Å². The molecule has 2 aromatic rings. The van der Waals surface area contributed by atoms with E-state index in [1.807, 2.05) is 18.2 Å². The first kappa shape index (κ1) is 29.7. The monoisotopic (exact) mass is 596 g/mol. The number of methoxy groups -OCH3 is 1. The Labute approximate surface area is 250 Å². The molecule has 4 aliphatic rings. The van der Waals surface area contributed by atoms with E-state index in [4.69, 9.17) is 9.47 Å². The highest BCUT2D eigenvalue weighted by atomic mass is 19.4. The maximum Gasteiger partial charge on any atom is 0.416 e. The predicted octanol–water partition coefficient (Wildman–Crippen LogP) is 6.67. The standard InChI is InChI=1S/C34H39F3N2O4/c1-21(2)33(31(41)39-19-25-15-26(34(35,36)37)7-8-29(25)43-20-39)12-10-27(17-33)38-14-13-32(22(3)18-38)11-9-23-5-6-24(16-28(23)32)30(40)42-4/h5-9,11,15-16,21-22,27H,10,12-14,17-20H2,1-4H3/t22-,27+,32-,33-/m0/s1. The number of hydrogen-bond donors (Lipinski definition) is 0. The van der Waals surface area contributed by atoms with Gasteiger partial charge in [-0.1, -0.05) is 39.0 Å². The molecule has 4 atom stereocenters. The minimum atomic E-state index is -4.46. The van der Waals surface area contributed by atoms with Crippen molar-refractivity contribution in [2.24, 2.45) is 17.3 Å². The van der Waals surface area contributed by atoms with E-state index in [1.54, 1.807) is 4.90 Å². The number of ether oxygens (including phenoxy) is 2. The van der Waals surface area contributed by atoms with Gasteiger partial charge in [-0.05, 0) is 85.5 Å². The van der Waals surface area contributed by atoms with Crippen LogP contribution in [0.1, 0.15) is 79.1 Å². The summed E-state index contributed by atoms with van der Waals surface area (Å²) < 4.78 is 50.8. The summed E-state index contributed by atoms with van der Waals surface area (Å²) in [6.07, 6.45) is 3.28. The number of hydrogen-bond acceptors (Lipinski definition) is 5. The van der Waals surface area contributed by atoms with Gasteiger partial charge in [0, 0.05) is 23.6 Å². The molecule has 230 valence electrons. The molecule has 0 radical (unpaired) electrons. The molecule has 0 aromatic heterocycles. The van der Waals surface area contributed by atoms with Crippen LogP contribution in [0.5, 0.6) is 5.75 Å². The number of rotatable bonds is 4. The largest absolute Gasteiger partial charge is 0.473 e. The smallest absolute Gasteiger partial charge is 0.416 e. The number of piperidine rings is 1. The van der Waals surface area contributed by atoms with Crippen molar-refractivity contribution in [1.82, 2.24) is 9.80 Å². The van der Waals surface area contributed by atoms with Gasteiger partial charge in [0.1, 0.15) is 5.75 Å². The van der Waals surface area contributed by atoms with Crippen molar-refractivity contribution >= 4 is 18.0 Å². The maximum absolute atomic E-state index is 14.2. The minimum absolute atomic E-state index is 0.0300. The van der Waals surface area contributed by atoms with Gasteiger partial charge in [0.2, 0.25) is 5.91 Å². The third kappa shape index (κ3) is 4.93. The molecule has 9 heteroatoms. The summed E-state index contributed by atoms with van der Waals surface area (Å²) in [5.74, 6) is 0.406. The number of esters is 1. The minimum Gasteiger partial charge on any atom is -0.473 e. The van der Waals surface area contributed by atoms with Crippen molar-refractivity contribution in [2.45, 2.75) is 70.6 Å². The van der Waals surface area contributed by atoms with Crippen molar-refractivity contribution in [3.8, 4) is 5.75 Å². The van der Waals surface area contributed by atoms with E-state index >= 15 is 0 Å². The number of halogens is 3. The van der Waals surface area contributed by atoms with Crippen molar-refractivity contribution in [3.63, 3.8) is 0 Å². The first-order valence-corrected chi connectivity index (χ1v) is 15.2. The zero-order valence-electron chi connectivity index (χ0n) is 25.2. The molecule has 1 amide bonds. The number of alkyl halides is 3. The first-order valence-electron chi connectivity index (χ1n) is 15.2. The van der Waals surface area contributed by atoms with Crippen molar-refractivity contribution in [2.75, 3.05) is 26.9 Å². The SMILES string of the molecule is COC(=O)c1ccc2c(c1)[C@@]1(C=C2)CCN([C@@H]2CC[C@@](C(=O)N3COc4ccc(C(F)(F)F)cc4C3)(C(C)C)C2)C[C@@H]1C. The number of benzene rings is 2. The van der Waals surface area contributed by atoms with Gasteiger partial charge in [0.15, 0.2) is 6.73 Å². The van der Waals surface area contributed by atoms with Gasteiger partial charge in [0.05, 0.1) is 30.2 Å². The number of fused-ring (bicyclic) bond motifs is 3. The second kappa shape index (κ2) is 10.7. The number of carbonyl (C=O) groups is 2. The van der Waals surface area contributed by atoms with Crippen LogP contribution in [0.2, 0.25) is 0 Å². The third-order valence-corrected chi connectivity index (χ3v) is 10.7. The van der Waals surface area contributed by atoms with Crippen LogP contribution >= 0.6 is 0 Å². The van der Waals surface area contributed by atoms with Crippen LogP contribution < -0.4 is 4.74 Å². The van der Waals surface area contributed by atoms with Crippen LogP contribution in [0.3, 0.4) is 0 Å². The van der Waals surface area contributed by atoms with Crippen molar-refractivity contribution in [3.05, 3.63) is 70.3 Å². The molecule has 2 aliphatic carbocycles. The van der Waals surface area contributed by atoms with Crippen LogP contribution in [-0.2, 0) is 27.7 Å². The number of allylic oxidation sites excluding steroid dienone is 1. The number of carbonyl (C=O) groups excluding carboxylic acids is 2. The number of nitrogens with zero attached hydrogens (tertiary/aromatic N) is 2. The Hall–Kier alpha value is -3.33. The summed E-state index contributed by atoms with van der Waals surface area (Å²) in [7, 11) is 1.40. The van der Waals surface area contributed by atoms with Crippen LogP contribution in [0.25, 0.3) is 6.08 Å². The summed E-state index contributed by atoms with van der Waals surface area (Å²) in [6, 6.07) is 9.52. The summed E-state index contributed by atoms with van der Waals surface area (Å²) in [6.45, 7) is 8.33. The maximum atomic E-state index is 14.2. The molecule has 2 aromatic carbocycles. The molecule has 1 saturated heterocycles. The summed E-state index contributed by atoms with van der Waals surface area (Å²) in [4.78, 5) is 30.5. The zero-order valence-corrected chi connectivity index (χ0v) is 25.2. The quantitative estimate of drug-likeness (QED) is 0.369. The average Bonchev–Trinajstić information content (AvgIpc) is 3.61. The van der Waals surface area contributed by atoms with Crippen LogP contribution in [0.4, 0.5) is 13.2 Å². The van der Waals surface area contributed by atoms with Gasteiger partial charge < -0.3 is 14.4 Å². The second-order valence-corrected chi connectivity index (χ2v) is 13.1. The Balaban J connectivity index is 1.17. The highest BCUT2D eigenvalue weighted by molar-refractivity contribution is 5.90. The molecule has 6 rings (SSSR count). The van der Waals surface area contributed by atoms with Gasteiger partial charge >= 0.3 is 12.1 Å². The third-order valence-electron chi connectivity index (χ3n) is 10.7. The summed E-state index contributed by atoms with van der Waals surface area (Å²) in [5.41, 5.74) is 1.80. The first-order chi connectivity index (χ1) is 20.4. The molecule has 43 heavy (non-hydrogen) atoms. The fourth-order valence-electron chi connectivity index (χ4n) is 8.03. The fourth-order valence-corrected chi connectivity index (χ4v) is 8.03. The van der Waals surface area contributed by atoms with Crippen LogP contribution in [-0.4, -0.2) is 54.6 Å². The Kier molecular flexibility index (Phi) is 7.39. The lowest BCUT2D eigenvalue weighted by Gasteiger charge is -2.47. The zero-order chi connectivity index (χ0) is 30.7. The Bertz CT molecular complexity index is 1470. The predicted molar refractivity (Wildman–Crippen MR) is 156 cm³/mol. The lowest BCUT2D eigenvalue weighted by atomic mass is 9.67. The normalized spacial score (nSPS) is 28.6. The molecule has 2 heterocycles. The molecule has 6 nitrogen and oxygen atoms in total. The van der Waals surface area contributed by atoms with Crippen LogP contribution in [0.15, 0.2) is 42.5 Å². The van der Waals surface area contributed by atoms with Gasteiger partial charge in [0.25, 0.3) is 0 Å². The van der Waals surface area contributed by atoms with Gasteiger partial charge in [-0.15, -0.1) is 0 Å². The summed E-state index contributed by atoms with van der Waals surface area (Å²) >= 11 is 0. The highest BCUT2D eigenvalue weighted by Crippen LogP contribution is 2.52. The highest BCUT2D eigenvalue weighted by Gasteiger charge is 2.53. The van der Waals surface area contributed by atoms with Gasteiger partial charge in [-0.3, -0.25) is 9.69 Å². The lowest BCUT2D eigenvalue weighted by molar-refractivity contribution is -0.150. The second-order valence-electron chi connectivity index (χ2n) is 13.1. The van der Waals surface area contributed by atoms with E-state index in [9.17, 15) is 22.8 Å². The van der Waals surface area contributed by atoms with Gasteiger partial charge in [-0.2, -0.15) is 13.2 Å². The lowest BCUT2D eigenvalue weighted by Crippen LogP contribution is -2.52. The van der Waals surface area contributed by atoms with E-state index in [0.717, 1.165) is 50.0 Å². The van der Waals surface area contributed by atoms with E-state index in [1.165, 1.54) is 18.7 Å². The van der Waals surface area contributed by atoms with Crippen LogP contribution in [0, 0.1) is 17.3 Å². The molecule has 0 bridgehead atoms. The number of amides is 1. The topological polar surface area (TPSA) is 59.1 Å². The number of likely N-dealkylation sites (tertiary alicyclic amines) is 1. The van der Waals surface area contributed by atoms with E-state index in [2.05, 4.69) is 37.8 Å². The molecule has 2 fully saturated rings. The summed E-state index contributed by atoms with van der Waals surface area (Å²) in [5, 5.41) is 0. The molecule has 1 saturated carbocycles. The molecule has 0 unspecified atom stereocenters. The van der Waals surface area contributed by atoms with Crippen molar-refractivity contribution < 1.29 is 32.2 Å². The molecule has 1 spiro atoms. The van der Waals surface area contributed by atoms with E-state index in [0.29, 0.717) is 29.2 Å². The average molecular weight is 597 g/mol. The fraction of sp³-hybridized carbons (Fsp3) is 0.529. The Morgan fingerprint density at radius 1 is 1.12 bits per heavy atom. The molecule has 2 aliphatic heterocycles. The van der Waals surface area contributed by atoms with Gasteiger partial charge in [-0.25, -0.2) is 4.79 Å². The molecule has 0 N–H and O–H groups in total. The molecular weight excluding hydrogens is 557 g/mol. The molecular formula is C34H39F3N2O4. The Morgan fingerprint density at radius 2 is 1.91 bits per heavy atom. The van der Waals surface area contributed by atoms with E-state index < -0.39 is 17.2 Å². The van der Waals surface area contributed by atoms with Crippen molar-refractivity contribution in [1.29, 1.82) is 0 Å².